The lowest BCUT2D eigenvalue weighted by molar-refractivity contribution is -0.133. The van der Waals surface area contributed by atoms with Gasteiger partial charge in [-0.3, -0.25) is 19.4 Å². The average Bonchev–Trinajstić information content (AvgIpc) is 3.00. The van der Waals surface area contributed by atoms with Crippen molar-refractivity contribution in [2.24, 2.45) is 0 Å². The highest BCUT2D eigenvalue weighted by atomic mass is 32.1. The summed E-state index contributed by atoms with van der Waals surface area (Å²) in [4.78, 5) is 31.5. The smallest absolute Gasteiger partial charge is 0.265 e. The van der Waals surface area contributed by atoms with E-state index in [-0.39, 0.29) is 22.8 Å². The van der Waals surface area contributed by atoms with Crippen LogP contribution in [0.25, 0.3) is 0 Å². The Morgan fingerprint density at radius 2 is 1.45 bits per heavy atom. The number of amides is 2. The first-order chi connectivity index (χ1) is 15.8. The number of hydrogen-bond acceptors (Lipinski definition) is 4. The number of carbonyl (C=O) groups is 2. The number of hydrogen-bond donors (Lipinski definition) is 0. The number of likely N-dealkylation sites (N-methyl/N-ethyl adjacent to an activating group) is 2. The van der Waals surface area contributed by atoms with E-state index >= 15 is 0 Å². The molecule has 3 rings (SSSR count). The number of anilines is 1. The van der Waals surface area contributed by atoms with Crippen molar-refractivity contribution in [3.8, 4) is 0 Å². The van der Waals surface area contributed by atoms with Crippen LogP contribution in [0.15, 0.2) is 47.7 Å². The maximum Gasteiger partial charge on any atom is 0.265 e. The minimum atomic E-state index is -0.312. The maximum atomic E-state index is 13.1. The molecule has 1 saturated heterocycles. The second kappa shape index (κ2) is 10.6. The summed E-state index contributed by atoms with van der Waals surface area (Å²) in [6.07, 6.45) is 9.75. The van der Waals surface area contributed by atoms with E-state index in [1.807, 2.05) is 19.9 Å². The number of unbranched alkanes of at least 4 members (excludes halogenated alkanes) is 4. The summed E-state index contributed by atoms with van der Waals surface area (Å²) in [7, 11) is 0. The van der Waals surface area contributed by atoms with E-state index in [1.54, 1.807) is 6.08 Å². The fourth-order valence-corrected chi connectivity index (χ4v) is 5.24. The molecule has 33 heavy (non-hydrogen) atoms. The molecular formula is C27H37N3O2S. The molecule has 0 atom stereocenters. The summed E-state index contributed by atoms with van der Waals surface area (Å²) in [5.41, 5.74) is 3.56. The molecular weight excluding hydrogens is 430 g/mol. The predicted molar refractivity (Wildman–Crippen MR) is 139 cm³/mol. The number of rotatable bonds is 9. The van der Waals surface area contributed by atoms with Gasteiger partial charge in [0, 0.05) is 36.4 Å². The first kappa shape index (κ1) is 25.2. The lowest BCUT2D eigenvalue weighted by Crippen LogP contribution is -2.55. The Morgan fingerprint density at radius 1 is 0.848 bits per heavy atom. The normalized spacial score (nSPS) is 19.1. The molecule has 0 aliphatic carbocycles. The van der Waals surface area contributed by atoms with Gasteiger partial charge < -0.3 is 4.90 Å². The van der Waals surface area contributed by atoms with Gasteiger partial charge in [0.25, 0.3) is 11.8 Å². The van der Waals surface area contributed by atoms with Crippen LogP contribution in [0.5, 0.6) is 0 Å². The summed E-state index contributed by atoms with van der Waals surface area (Å²) in [5.74, 6) is -0.623. The molecule has 6 heteroatoms. The van der Waals surface area contributed by atoms with Crippen LogP contribution in [-0.2, 0) is 15.0 Å². The van der Waals surface area contributed by atoms with Crippen molar-refractivity contribution in [1.82, 2.24) is 9.80 Å². The molecule has 0 N–H and O–H groups in total. The van der Waals surface area contributed by atoms with Gasteiger partial charge in [-0.05, 0) is 56.3 Å². The number of fused-ring (bicyclic) bond motifs is 1. The van der Waals surface area contributed by atoms with Gasteiger partial charge in [0.15, 0.2) is 5.11 Å². The molecule has 2 heterocycles. The number of allylic oxidation sites excluding steroid dienone is 3. The fourth-order valence-electron chi connectivity index (χ4n) is 4.82. The summed E-state index contributed by atoms with van der Waals surface area (Å²) in [5, 5.41) is 0.294. The Labute approximate surface area is 204 Å². The molecule has 0 unspecified atom stereocenters. The number of thiocarbonyl (C=S) groups is 1. The Balaban J connectivity index is 1.98. The standard InChI is InChI=1S/C27H37N3O2S/c1-6-9-10-11-14-19-30-22-16-13-12-15-21(22)27(4,5)23(30)18-17-20-24(31)28(7-2)26(33)29(8-3)25(20)32/h12-13,15-18H,6-11,14,19H2,1-5H3. The van der Waals surface area contributed by atoms with Crippen LogP contribution in [0, 0.1) is 0 Å². The zero-order valence-electron chi connectivity index (χ0n) is 20.7. The van der Waals surface area contributed by atoms with E-state index in [2.05, 4.69) is 49.9 Å². The molecule has 1 aromatic carbocycles. The Kier molecular flexibility index (Phi) is 8.11. The van der Waals surface area contributed by atoms with Gasteiger partial charge in [0.1, 0.15) is 5.57 Å². The third kappa shape index (κ3) is 4.77. The van der Waals surface area contributed by atoms with Gasteiger partial charge >= 0.3 is 0 Å². The van der Waals surface area contributed by atoms with E-state index in [4.69, 9.17) is 12.2 Å². The Morgan fingerprint density at radius 3 is 2.06 bits per heavy atom. The summed E-state index contributed by atoms with van der Waals surface area (Å²) in [6.45, 7) is 12.2. The highest BCUT2D eigenvalue weighted by molar-refractivity contribution is 7.80. The molecule has 178 valence electrons. The number of nitrogens with zero attached hydrogens (tertiary/aromatic N) is 3. The highest BCUT2D eigenvalue weighted by Gasteiger charge is 2.40. The fraction of sp³-hybridized carbons (Fsp3) is 0.519. The Bertz CT molecular complexity index is 951. The van der Waals surface area contributed by atoms with Crippen LogP contribution >= 0.6 is 12.2 Å². The van der Waals surface area contributed by atoms with Crippen molar-refractivity contribution < 1.29 is 9.59 Å². The van der Waals surface area contributed by atoms with Gasteiger partial charge in [-0.1, -0.05) is 64.7 Å². The molecule has 2 amide bonds. The second-order valence-corrected chi connectivity index (χ2v) is 9.59. The molecule has 0 aromatic heterocycles. The van der Waals surface area contributed by atoms with E-state index in [9.17, 15) is 9.59 Å². The lowest BCUT2D eigenvalue weighted by Gasteiger charge is -2.35. The van der Waals surface area contributed by atoms with Crippen molar-refractivity contribution in [2.45, 2.75) is 72.1 Å². The zero-order valence-corrected chi connectivity index (χ0v) is 21.5. The van der Waals surface area contributed by atoms with Crippen molar-refractivity contribution in [3.63, 3.8) is 0 Å². The van der Waals surface area contributed by atoms with Crippen LogP contribution in [0.3, 0.4) is 0 Å². The minimum Gasteiger partial charge on any atom is -0.344 e. The third-order valence-electron chi connectivity index (χ3n) is 6.74. The first-order valence-electron chi connectivity index (χ1n) is 12.3. The molecule has 2 aliphatic heterocycles. The van der Waals surface area contributed by atoms with Crippen LogP contribution in [0.1, 0.15) is 72.3 Å². The highest BCUT2D eigenvalue weighted by Crippen LogP contribution is 2.47. The van der Waals surface area contributed by atoms with Crippen molar-refractivity contribution in [3.05, 3.63) is 53.3 Å². The average molecular weight is 468 g/mol. The van der Waals surface area contributed by atoms with E-state index in [0.717, 1.165) is 18.7 Å². The van der Waals surface area contributed by atoms with Gasteiger partial charge in [0.05, 0.1) is 0 Å². The molecule has 1 fully saturated rings. The number of carbonyl (C=O) groups excluding carboxylic acids is 2. The lowest BCUT2D eigenvalue weighted by atomic mass is 9.83. The van der Waals surface area contributed by atoms with E-state index in [0.29, 0.717) is 18.2 Å². The molecule has 5 nitrogen and oxygen atoms in total. The first-order valence-corrected chi connectivity index (χ1v) is 12.7. The predicted octanol–water partition coefficient (Wildman–Crippen LogP) is 5.56. The maximum absolute atomic E-state index is 13.1. The summed E-state index contributed by atoms with van der Waals surface area (Å²) in [6, 6.07) is 8.51. The van der Waals surface area contributed by atoms with Gasteiger partial charge in [-0.2, -0.15) is 0 Å². The second-order valence-electron chi connectivity index (χ2n) is 9.22. The topological polar surface area (TPSA) is 43.9 Å². The minimum absolute atomic E-state index is 0.175. The summed E-state index contributed by atoms with van der Waals surface area (Å²) >= 11 is 5.39. The molecule has 0 spiro atoms. The monoisotopic (exact) mass is 467 g/mol. The zero-order chi connectivity index (χ0) is 24.2. The largest absolute Gasteiger partial charge is 0.344 e. The quantitative estimate of drug-likeness (QED) is 0.206. The van der Waals surface area contributed by atoms with Gasteiger partial charge in [0.2, 0.25) is 0 Å². The molecule has 1 aromatic rings. The SMILES string of the molecule is CCCCCCCN1C(=CC=C2C(=O)N(CC)C(=S)N(CC)C2=O)C(C)(C)c2ccccc21. The molecule has 0 bridgehead atoms. The molecule has 0 saturated carbocycles. The van der Waals surface area contributed by atoms with E-state index < -0.39 is 0 Å². The van der Waals surface area contributed by atoms with Crippen molar-refractivity contribution >= 4 is 34.8 Å². The van der Waals surface area contributed by atoms with Gasteiger partial charge in [-0.15, -0.1) is 0 Å². The van der Waals surface area contributed by atoms with Crippen molar-refractivity contribution in [1.29, 1.82) is 0 Å². The van der Waals surface area contributed by atoms with Crippen molar-refractivity contribution in [2.75, 3.05) is 24.5 Å². The number of benzene rings is 1. The van der Waals surface area contributed by atoms with Crippen LogP contribution in [0.2, 0.25) is 0 Å². The van der Waals surface area contributed by atoms with Crippen LogP contribution in [0.4, 0.5) is 5.69 Å². The Hall–Kier alpha value is -2.47. The number of para-hydroxylation sites is 1. The molecule has 2 aliphatic rings. The van der Waals surface area contributed by atoms with E-state index in [1.165, 1.54) is 46.7 Å². The molecule has 0 radical (unpaired) electrons. The summed E-state index contributed by atoms with van der Waals surface area (Å²) < 4.78 is 0. The van der Waals surface area contributed by atoms with Crippen LogP contribution < -0.4 is 4.90 Å². The van der Waals surface area contributed by atoms with Crippen LogP contribution in [-0.4, -0.2) is 46.4 Å². The third-order valence-corrected chi connectivity index (χ3v) is 7.18. The van der Waals surface area contributed by atoms with Gasteiger partial charge in [-0.25, -0.2) is 0 Å².